The van der Waals surface area contributed by atoms with Crippen molar-refractivity contribution in [2.24, 2.45) is 0 Å². The molecule has 0 radical (unpaired) electrons. The molecule has 6 heteroatoms. The van der Waals surface area contributed by atoms with E-state index in [2.05, 4.69) is 10.3 Å². The van der Waals surface area contributed by atoms with Crippen molar-refractivity contribution in [2.75, 3.05) is 36.4 Å². The van der Waals surface area contributed by atoms with Crippen LogP contribution >= 0.6 is 0 Å². The van der Waals surface area contributed by atoms with Crippen molar-refractivity contribution in [3.8, 4) is 0 Å². The van der Waals surface area contributed by atoms with Gasteiger partial charge in [0.15, 0.2) is 0 Å². The summed E-state index contributed by atoms with van der Waals surface area (Å²) in [6.07, 6.45) is 3.31. The number of aromatic nitrogens is 1. The highest BCUT2D eigenvalue weighted by atomic mass is 19.1. The number of benzene rings is 2. The van der Waals surface area contributed by atoms with Crippen LogP contribution in [0.3, 0.4) is 0 Å². The summed E-state index contributed by atoms with van der Waals surface area (Å²) in [6, 6.07) is 18.7. The topological polar surface area (TPSA) is 48.5 Å². The summed E-state index contributed by atoms with van der Waals surface area (Å²) in [7, 11) is 0. The van der Waals surface area contributed by atoms with Gasteiger partial charge in [0.05, 0.1) is 16.9 Å². The molecule has 4 rings (SSSR count). The van der Waals surface area contributed by atoms with Crippen LogP contribution in [0.2, 0.25) is 0 Å². The van der Waals surface area contributed by atoms with Crippen LogP contribution in [0.15, 0.2) is 73.1 Å². The van der Waals surface area contributed by atoms with E-state index >= 15 is 0 Å². The third kappa shape index (κ3) is 4.54. The van der Waals surface area contributed by atoms with Crippen LogP contribution < -0.4 is 10.2 Å². The fraction of sp³-hybridized carbons (Fsp3) is 0.217. The second-order valence-electron chi connectivity index (χ2n) is 7.03. The number of piperazine rings is 1. The predicted octanol–water partition coefficient (Wildman–Crippen LogP) is 3.80. The van der Waals surface area contributed by atoms with Crippen molar-refractivity contribution in [3.63, 3.8) is 0 Å². The highest BCUT2D eigenvalue weighted by Gasteiger charge is 2.23. The molecule has 1 fully saturated rings. The zero-order valence-corrected chi connectivity index (χ0v) is 16.1. The smallest absolute Gasteiger partial charge is 0.255 e. The van der Waals surface area contributed by atoms with Crippen molar-refractivity contribution < 1.29 is 9.18 Å². The molecular weight excluding hydrogens is 367 g/mol. The molecule has 2 heterocycles. The summed E-state index contributed by atoms with van der Waals surface area (Å²) in [6.45, 7) is 2.98. The Balaban J connectivity index is 1.37. The fourth-order valence-electron chi connectivity index (χ4n) is 3.49. The van der Waals surface area contributed by atoms with Crippen LogP contribution in [0.5, 0.6) is 0 Å². The van der Waals surface area contributed by atoms with Crippen molar-refractivity contribution in [1.29, 1.82) is 0 Å². The number of anilines is 2. The molecule has 2 aromatic carbocycles. The third-order valence-corrected chi connectivity index (χ3v) is 5.08. The number of para-hydroxylation sites is 1. The molecule has 0 atom stereocenters. The Kier molecular flexibility index (Phi) is 5.70. The minimum Gasteiger partial charge on any atom is -0.380 e. The van der Waals surface area contributed by atoms with E-state index in [4.69, 9.17) is 0 Å². The van der Waals surface area contributed by atoms with Crippen LogP contribution in [0.1, 0.15) is 15.9 Å². The Morgan fingerprint density at radius 2 is 1.69 bits per heavy atom. The Morgan fingerprint density at radius 3 is 2.45 bits per heavy atom. The SMILES string of the molecule is O=C(c1cncc(NCc2ccccc2)c1)N1CCN(c2ccccc2F)CC1. The maximum absolute atomic E-state index is 14.0. The first-order valence-corrected chi connectivity index (χ1v) is 9.72. The van der Waals surface area contributed by atoms with E-state index in [0.29, 0.717) is 44.0 Å². The van der Waals surface area contributed by atoms with Gasteiger partial charge < -0.3 is 15.1 Å². The van der Waals surface area contributed by atoms with Gasteiger partial charge in [0.2, 0.25) is 0 Å². The zero-order chi connectivity index (χ0) is 20.1. The van der Waals surface area contributed by atoms with Gasteiger partial charge in [0.25, 0.3) is 5.91 Å². The number of rotatable bonds is 5. The summed E-state index contributed by atoms with van der Waals surface area (Å²) in [4.78, 5) is 20.9. The summed E-state index contributed by atoms with van der Waals surface area (Å²) in [5.74, 6) is -0.275. The third-order valence-electron chi connectivity index (χ3n) is 5.08. The lowest BCUT2D eigenvalue weighted by atomic mass is 10.2. The molecule has 0 spiro atoms. The molecular formula is C23H23FN4O. The molecule has 3 aromatic rings. The number of nitrogens with zero attached hydrogens (tertiary/aromatic N) is 3. The molecule has 148 valence electrons. The molecule has 0 unspecified atom stereocenters. The molecule has 1 aliphatic rings. The van der Waals surface area contributed by atoms with Crippen molar-refractivity contribution in [2.45, 2.75) is 6.54 Å². The molecule has 1 saturated heterocycles. The van der Waals surface area contributed by atoms with Crippen LogP contribution in [0, 0.1) is 5.82 Å². The van der Waals surface area contributed by atoms with E-state index in [-0.39, 0.29) is 11.7 Å². The van der Waals surface area contributed by atoms with E-state index in [1.807, 2.05) is 47.4 Å². The molecule has 1 aromatic heterocycles. The van der Waals surface area contributed by atoms with Gasteiger partial charge >= 0.3 is 0 Å². The maximum atomic E-state index is 14.0. The summed E-state index contributed by atoms with van der Waals surface area (Å²) >= 11 is 0. The molecule has 1 aliphatic heterocycles. The van der Waals surface area contributed by atoms with Gasteiger partial charge in [-0.25, -0.2) is 4.39 Å². The van der Waals surface area contributed by atoms with Gasteiger partial charge in [-0.05, 0) is 23.8 Å². The number of halogens is 1. The van der Waals surface area contributed by atoms with E-state index in [0.717, 1.165) is 11.3 Å². The van der Waals surface area contributed by atoms with Crippen LogP contribution in [0.4, 0.5) is 15.8 Å². The molecule has 0 aliphatic carbocycles. The van der Waals surface area contributed by atoms with Gasteiger partial charge in [-0.3, -0.25) is 9.78 Å². The second kappa shape index (κ2) is 8.73. The Hall–Kier alpha value is -3.41. The lowest BCUT2D eigenvalue weighted by Crippen LogP contribution is -2.49. The van der Waals surface area contributed by atoms with E-state index in [1.165, 1.54) is 6.07 Å². The molecule has 0 saturated carbocycles. The standard InChI is InChI=1S/C23H23FN4O/c24-21-8-4-5-9-22(21)27-10-12-28(13-11-27)23(29)19-14-20(17-25-16-19)26-15-18-6-2-1-3-7-18/h1-9,14,16-17,26H,10-13,15H2. The number of carbonyl (C=O) groups is 1. The summed E-state index contributed by atoms with van der Waals surface area (Å²) in [5.41, 5.74) is 3.12. The Labute approximate surface area is 169 Å². The molecule has 1 N–H and O–H groups in total. The lowest BCUT2D eigenvalue weighted by molar-refractivity contribution is 0.0746. The largest absolute Gasteiger partial charge is 0.380 e. The number of pyridine rings is 1. The van der Waals surface area contributed by atoms with Crippen LogP contribution in [0.25, 0.3) is 0 Å². The second-order valence-corrected chi connectivity index (χ2v) is 7.03. The average Bonchev–Trinajstić information content (AvgIpc) is 2.79. The van der Waals surface area contributed by atoms with Gasteiger partial charge in [0.1, 0.15) is 5.82 Å². The van der Waals surface area contributed by atoms with E-state index in [9.17, 15) is 9.18 Å². The molecule has 1 amide bonds. The van der Waals surface area contributed by atoms with Crippen molar-refractivity contribution >= 4 is 17.3 Å². The van der Waals surface area contributed by atoms with Crippen molar-refractivity contribution in [1.82, 2.24) is 9.88 Å². The Morgan fingerprint density at radius 1 is 0.966 bits per heavy atom. The first-order chi connectivity index (χ1) is 14.2. The minimum absolute atomic E-state index is 0.0472. The quantitative estimate of drug-likeness (QED) is 0.720. The number of hydrogen-bond donors (Lipinski definition) is 1. The predicted molar refractivity (Wildman–Crippen MR) is 113 cm³/mol. The number of hydrogen-bond acceptors (Lipinski definition) is 4. The summed E-state index contributed by atoms with van der Waals surface area (Å²) < 4.78 is 14.0. The Bertz CT molecular complexity index is 971. The number of carbonyl (C=O) groups excluding carboxylic acids is 1. The van der Waals surface area contributed by atoms with Crippen LogP contribution in [-0.4, -0.2) is 42.0 Å². The average molecular weight is 390 g/mol. The monoisotopic (exact) mass is 390 g/mol. The van der Waals surface area contributed by atoms with Gasteiger partial charge in [0, 0.05) is 45.1 Å². The molecule has 0 bridgehead atoms. The molecule has 5 nitrogen and oxygen atoms in total. The highest BCUT2D eigenvalue weighted by molar-refractivity contribution is 5.95. The first kappa shape index (κ1) is 18.9. The molecule has 29 heavy (non-hydrogen) atoms. The zero-order valence-electron chi connectivity index (χ0n) is 16.1. The van der Waals surface area contributed by atoms with E-state index < -0.39 is 0 Å². The van der Waals surface area contributed by atoms with Gasteiger partial charge in [-0.2, -0.15) is 0 Å². The summed E-state index contributed by atoms with van der Waals surface area (Å²) in [5, 5.41) is 3.31. The minimum atomic E-state index is -0.228. The van der Waals surface area contributed by atoms with E-state index in [1.54, 1.807) is 29.4 Å². The maximum Gasteiger partial charge on any atom is 0.255 e. The van der Waals surface area contributed by atoms with Crippen LogP contribution in [-0.2, 0) is 6.54 Å². The highest BCUT2D eigenvalue weighted by Crippen LogP contribution is 2.21. The normalized spacial score (nSPS) is 14.0. The lowest BCUT2D eigenvalue weighted by Gasteiger charge is -2.36. The van der Waals surface area contributed by atoms with Gasteiger partial charge in [-0.1, -0.05) is 42.5 Å². The number of nitrogens with one attached hydrogen (secondary N) is 1. The van der Waals surface area contributed by atoms with Crippen molar-refractivity contribution in [3.05, 3.63) is 90.0 Å². The first-order valence-electron chi connectivity index (χ1n) is 9.72. The fourth-order valence-corrected chi connectivity index (χ4v) is 3.49. The number of amides is 1. The van der Waals surface area contributed by atoms with Gasteiger partial charge in [-0.15, -0.1) is 0 Å².